The Hall–Kier alpha value is -1.04. The van der Waals surface area contributed by atoms with E-state index in [0.29, 0.717) is 18.5 Å². The Morgan fingerprint density at radius 1 is 1.50 bits per heavy atom. The van der Waals surface area contributed by atoms with Gasteiger partial charge in [0.2, 0.25) is 0 Å². The van der Waals surface area contributed by atoms with Crippen molar-refractivity contribution < 1.29 is 0 Å². The molecule has 0 aromatic rings. The highest BCUT2D eigenvalue weighted by Gasteiger charge is 2.30. The van der Waals surface area contributed by atoms with Crippen molar-refractivity contribution in [1.82, 2.24) is 5.32 Å². The van der Waals surface area contributed by atoms with E-state index in [1.807, 2.05) is 0 Å². The van der Waals surface area contributed by atoms with Gasteiger partial charge in [0, 0.05) is 6.04 Å². The molecule has 64 valence electrons. The summed E-state index contributed by atoms with van der Waals surface area (Å²) >= 11 is 0. The molecule has 2 rings (SSSR count). The van der Waals surface area contributed by atoms with E-state index in [1.165, 1.54) is 25.7 Å². The zero-order valence-electron chi connectivity index (χ0n) is 7.08. The van der Waals surface area contributed by atoms with Gasteiger partial charge in [0.25, 0.3) is 0 Å². The molecule has 0 saturated heterocycles. The van der Waals surface area contributed by atoms with Crippen LogP contribution in [0, 0.1) is 11.3 Å². The molecule has 1 heterocycles. The normalized spacial score (nSPS) is 33.1. The minimum Gasteiger partial charge on any atom is -0.368 e. The van der Waals surface area contributed by atoms with Gasteiger partial charge in [0.05, 0.1) is 18.5 Å². The largest absolute Gasteiger partial charge is 0.368 e. The zero-order valence-corrected chi connectivity index (χ0v) is 7.08. The topological polar surface area (TPSA) is 48.2 Å². The Bertz CT molecular complexity index is 239. The summed E-state index contributed by atoms with van der Waals surface area (Å²) in [6.45, 7) is 0. The Morgan fingerprint density at radius 2 is 2.33 bits per heavy atom. The molecule has 0 aromatic heterocycles. The molecule has 3 heteroatoms. The van der Waals surface area contributed by atoms with Crippen molar-refractivity contribution in [3.05, 3.63) is 0 Å². The van der Waals surface area contributed by atoms with Crippen molar-refractivity contribution in [3.63, 3.8) is 0 Å². The molecule has 0 radical (unpaired) electrons. The van der Waals surface area contributed by atoms with Crippen LogP contribution in [-0.4, -0.2) is 17.9 Å². The Kier molecular flexibility index (Phi) is 1.99. The monoisotopic (exact) mass is 163 g/mol. The van der Waals surface area contributed by atoms with E-state index in [4.69, 9.17) is 5.26 Å². The van der Waals surface area contributed by atoms with Crippen LogP contribution in [0.25, 0.3) is 0 Å². The van der Waals surface area contributed by atoms with Gasteiger partial charge in [0.1, 0.15) is 5.84 Å². The second-order valence-electron chi connectivity index (χ2n) is 3.51. The van der Waals surface area contributed by atoms with Crippen LogP contribution in [0.4, 0.5) is 0 Å². The van der Waals surface area contributed by atoms with Crippen molar-refractivity contribution in [3.8, 4) is 6.07 Å². The molecule has 1 saturated carbocycles. The van der Waals surface area contributed by atoms with Crippen LogP contribution >= 0.6 is 0 Å². The number of hydrogen-bond acceptors (Lipinski definition) is 3. The third kappa shape index (κ3) is 1.29. The summed E-state index contributed by atoms with van der Waals surface area (Å²) < 4.78 is 0. The summed E-state index contributed by atoms with van der Waals surface area (Å²) in [6.07, 6.45) is 5.48. The quantitative estimate of drug-likeness (QED) is 0.631. The molecule has 0 bridgehead atoms. The van der Waals surface area contributed by atoms with Gasteiger partial charge in [-0.2, -0.15) is 5.26 Å². The molecule has 1 aliphatic heterocycles. The fourth-order valence-electron chi connectivity index (χ4n) is 2.06. The summed E-state index contributed by atoms with van der Waals surface area (Å²) in [6, 6.07) is 3.14. The van der Waals surface area contributed by atoms with E-state index in [1.54, 1.807) is 0 Å². The molecule has 0 spiro atoms. The number of rotatable bonds is 1. The fourth-order valence-corrected chi connectivity index (χ4v) is 2.06. The van der Waals surface area contributed by atoms with Gasteiger partial charge in [-0.05, 0) is 12.8 Å². The van der Waals surface area contributed by atoms with E-state index < -0.39 is 0 Å². The minimum absolute atomic E-state index is 0.451. The lowest BCUT2D eigenvalue weighted by Gasteiger charge is -2.23. The number of nitrogens with one attached hydrogen (secondary N) is 1. The van der Waals surface area contributed by atoms with Crippen LogP contribution in [0.3, 0.4) is 0 Å². The molecule has 3 nitrogen and oxygen atoms in total. The predicted molar refractivity (Wildman–Crippen MR) is 46.8 cm³/mol. The molecular formula is C9H13N3. The lowest BCUT2D eigenvalue weighted by Crippen LogP contribution is -2.36. The summed E-state index contributed by atoms with van der Waals surface area (Å²) in [5.41, 5.74) is 0. The van der Waals surface area contributed by atoms with Gasteiger partial charge in [-0.15, -0.1) is 0 Å². The SMILES string of the molecule is N#CCC1=NC2CCCCC2N1. The number of hydrogen-bond donors (Lipinski definition) is 1. The standard InChI is InChI=1S/C9H13N3/c10-6-5-9-11-7-3-1-2-4-8(7)12-9/h7-8H,1-5H2,(H,11,12). The van der Waals surface area contributed by atoms with Crippen LogP contribution in [0.15, 0.2) is 4.99 Å². The van der Waals surface area contributed by atoms with Crippen LogP contribution in [0.1, 0.15) is 32.1 Å². The average Bonchev–Trinajstić information content (AvgIpc) is 2.47. The van der Waals surface area contributed by atoms with Gasteiger partial charge >= 0.3 is 0 Å². The number of amidine groups is 1. The number of nitrogens with zero attached hydrogens (tertiary/aromatic N) is 2. The first-order valence-corrected chi connectivity index (χ1v) is 4.60. The Labute approximate surface area is 72.5 Å². The lowest BCUT2D eigenvalue weighted by molar-refractivity contribution is 0.384. The van der Waals surface area contributed by atoms with Crippen LogP contribution < -0.4 is 5.32 Å². The zero-order chi connectivity index (χ0) is 8.39. The minimum atomic E-state index is 0.451. The lowest BCUT2D eigenvalue weighted by atomic mass is 9.92. The van der Waals surface area contributed by atoms with Crippen LogP contribution in [0.5, 0.6) is 0 Å². The van der Waals surface area contributed by atoms with Gasteiger partial charge in [-0.1, -0.05) is 12.8 Å². The fraction of sp³-hybridized carbons (Fsp3) is 0.778. The molecule has 1 N–H and O–H groups in total. The highest BCUT2D eigenvalue weighted by molar-refractivity contribution is 5.86. The number of aliphatic imine (C=N–C) groups is 1. The van der Waals surface area contributed by atoms with E-state index in [0.717, 1.165) is 5.84 Å². The molecule has 1 fully saturated rings. The first-order chi connectivity index (χ1) is 5.90. The van der Waals surface area contributed by atoms with E-state index >= 15 is 0 Å². The maximum absolute atomic E-state index is 8.49. The molecule has 2 aliphatic rings. The molecule has 12 heavy (non-hydrogen) atoms. The second-order valence-corrected chi connectivity index (χ2v) is 3.51. The van der Waals surface area contributed by atoms with Crippen molar-refractivity contribution >= 4 is 5.84 Å². The van der Waals surface area contributed by atoms with Crippen LogP contribution in [-0.2, 0) is 0 Å². The smallest absolute Gasteiger partial charge is 0.111 e. The molecule has 2 atom stereocenters. The highest BCUT2D eigenvalue weighted by atomic mass is 15.1. The molecule has 2 unspecified atom stereocenters. The van der Waals surface area contributed by atoms with Gasteiger partial charge in [-0.25, -0.2) is 0 Å². The van der Waals surface area contributed by atoms with Crippen molar-refractivity contribution in [2.75, 3.05) is 0 Å². The first kappa shape index (κ1) is 7.60. The van der Waals surface area contributed by atoms with Crippen molar-refractivity contribution in [2.45, 2.75) is 44.2 Å². The highest BCUT2D eigenvalue weighted by Crippen LogP contribution is 2.24. The van der Waals surface area contributed by atoms with Gasteiger partial charge in [0.15, 0.2) is 0 Å². The van der Waals surface area contributed by atoms with Gasteiger partial charge < -0.3 is 5.32 Å². The summed E-state index contributed by atoms with van der Waals surface area (Å²) in [5, 5.41) is 11.8. The molecule has 1 aliphatic carbocycles. The maximum atomic E-state index is 8.49. The molecule has 0 amide bonds. The average molecular weight is 163 g/mol. The predicted octanol–water partition coefficient (Wildman–Crippen LogP) is 1.21. The first-order valence-electron chi connectivity index (χ1n) is 4.60. The summed E-state index contributed by atoms with van der Waals surface area (Å²) in [4.78, 5) is 4.48. The molecular weight excluding hydrogens is 150 g/mol. The van der Waals surface area contributed by atoms with E-state index in [9.17, 15) is 0 Å². The molecule has 0 aromatic carbocycles. The Balaban J connectivity index is 2.00. The van der Waals surface area contributed by atoms with Gasteiger partial charge in [-0.3, -0.25) is 4.99 Å². The third-order valence-electron chi connectivity index (χ3n) is 2.65. The van der Waals surface area contributed by atoms with Crippen molar-refractivity contribution in [2.24, 2.45) is 4.99 Å². The summed E-state index contributed by atoms with van der Waals surface area (Å²) in [7, 11) is 0. The van der Waals surface area contributed by atoms with Crippen molar-refractivity contribution in [1.29, 1.82) is 5.26 Å². The number of fused-ring (bicyclic) bond motifs is 1. The Morgan fingerprint density at radius 3 is 3.08 bits per heavy atom. The third-order valence-corrected chi connectivity index (χ3v) is 2.65. The van der Waals surface area contributed by atoms with E-state index in [-0.39, 0.29) is 0 Å². The maximum Gasteiger partial charge on any atom is 0.111 e. The number of nitriles is 1. The second kappa shape index (κ2) is 3.14. The van der Waals surface area contributed by atoms with E-state index in [2.05, 4.69) is 16.4 Å². The summed E-state index contributed by atoms with van der Waals surface area (Å²) in [5.74, 6) is 0.911. The van der Waals surface area contributed by atoms with Crippen LogP contribution in [0.2, 0.25) is 0 Å².